The van der Waals surface area contributed by atoms with Gasteiger partial charge >= 0.3 is 12.1 Å². The van der Waals surface area contributed by atoms with Crippen molar-refractivity contribution in [3.05, 3.63) is 24.3 Å². The van der Waals surface area contributed by atoms with E-state index in [0.29, 0.717) is 4.90 Å². The molecule has 1 aromatic carbocycles. The van der Waals surface area contributed by atoms with E-state index in [1.54, 1.807) is 0 Å². The SMILES string of the molecule is COC(=O)C(C)(C)NCC(=O)N1c2ccccc2NC(=O)CC1C(F)(F)F. The second kappa shape index (κ2) is 7.55. The number of carbonyl (C=O) groups is 3. The Morgan fingerprint density at radius 3 is 2.52 bits per heavy atom. The number of ether oxygens (including phenoxy) is 1. The lowest BCUT2D eigenvalue weighted by atomic mass is 10.1. The van der Waals surface area contributed by atoms with Crippen molar-refractivity contribution in [2.24, 2.45) is 0 Å². The number of halogens is 3. The molecule has 0 aliphatic carbocycles. The molecule has 1 atom stereocenters. The zero-order chi connectivity index (χ0) is 20.4. The summed E-state index contributed by atoms with van der Waals surface area (Å²) in [7, 11) is 1.16. The molecule has 10 heteroatoms. The van der Waals surface area contributed by atoms with Gasteiger partial charge in [0.2, 0.25) is 11.8 Å². The van der Waals surface area contributed by atoms with E-state index in [0.717, 1.165) is 7.11 Å². The molecule has 1 heterocycles. The Morgan fingerprint density at radius 1 is 1.30 bits per heavy atom. The van der Waals surface area contributed by atoms with Crippen LogP contribution < -0.4 is 15.5 Å². The van der Waals surface area contributed by atoms with E-state index in [-0.39, 0.29) is 11.4 Å². The Morgan fingerprint density at radius 2 is 1.93 bits per heavy atom. The number of anilines is 2. The minimum Gasteiger partial charge on any atom is -0.468 e. The van der Waals surface area contributed by atoms with E-state index in [4.69, 9.17) is 0 Å². The average Bonchev–Trinajstić information content (AvgIpc) is 2.74. The molecule has 1 aliphatic heterocycles. The number of nitrogens with one attached hydrogen (secondary N) is 2. The summed E-state index contributed by atoms with van der Waals surface area (Å²) in [6.07, 6.45) is -5.74. The van der Waals surface area contributed by atoms with Gasteiger partial charge in [0.05, 0.1) is 31.5 Å². The number of nitrogens with zero attached hydrogens (tertiary/aromatic N) is 1. The van der Waals surface area contributed by atoms with Crippen LogP contribution in [0.2, 0.25) is 0 Å². The lowest BCUT2D eigenvalue weighted by Gasteiger charge is -2.33. The molecule has 2 rings (SSSR count). The standard InChI is InChI=1S/C17H20F3N3O4/c1-16(2,15(26)27-3)21-9-14(25)23-11-7-5-4-6-10(11)22-13(24)8-12(23)17(18,19)20/h4-7,12,21H,8-9H2,1-3H3,(H,22,24). The molecule has 0 bridgehead atoms. The number of methoxy groups -OCH3 is 1. The highest BCUT2D eigenvalue weighted by molar-refractivity contribution is 6.05. The van der Waals surface area contributed by atoms with Gasteiger partial charge in [0.1, 0.15) is 11.6 Å². The topological polar surface area (TPSA) is 87.7 Å². The number of hydrogen-bond donors (Lipinski definition) is 2. The van der Waals surface area contributed by atoms with Crippen LogP contribution in [0.25, 0.3) is 0 Å². The van der Waals surface area contributed by atoms with E-state index in [2.05, 4.69) is 15.4 Å². The predicted molar refractivity (Wildman–Crippen MR) is 91.1 cm³/mol. The molecule has 7 nitrogen and oxygen atoms in total. The number of benzene rings is 1. The van der Waals surface area contributed by atoms with Crippen LogP contribution in [0.5, 0.6) is 0 Å². The van der Waals surface area contributed by atoms with E-state index < -0.39 is 48.5 Å². The molecule has 1 aliphatic rings. The fraction of sp³-hybridized carbons (Fsp3) is 0.471. The summed E-state index contributed by atoms with van der Waals surface area (Å²) in [5.74, 6) is -2.45. The first-order chi connectivity index (χ1) is 12.5. The van der Waals surface area contributed by atoms with Crippen molar-refractivity contribution < 1.29 is 32.3 Å². The van der Waals surface area contributed by atoms with Crippen molar-refractivity contribution in [3.8, 4) is 0 Å². The monoisotopic (exact) mass is 387 g/mol. The van der Waals surface area contributed by atoms with Crippen molar-refractivity contribution in [2.75, 3.05) is 23.9 Å². The second-order valence-corrected chi connectivity index (χ2v) is 6.56. The minimum absolute atomic E-state index is 0.0617. The number of rotatable bonds is 4. The van der Waals surface area contributed by atoms with Crippen molar-refractivity contribution in [1.82, 2.24) is 5.32 Å². The molecular weight excluding hydrogens is 367 g/mol. The number of amides is 2. The number of esters is 1. The Balaban J connectivity index is 2.38. The molecule has 0 fully saturated rings. The van der Waals surface area contributed by atoms with Crippen molar-refractivity contribution in [1.29, 1.82) is 0 Å². The van der Waals surface area contributed by atoms with Crippen LogP contribution in [0.1, 0.15) is 20.3 Å². The van der Waals surface area contributed by atoms with Crippen LogP contribution in [0, 0.1) is 0 Å². The van der Waals surface area contributed by atoms with Crippen molar-refractivity contribution >= 4 is 29.2 Å². The van der Waals surface area contributed by atoms with E-state index in [1.165, 1.54) is 38.1 Å². The molecule has 27 heavy (non-hydrogen) atoms. The Labute approximate surface area is 153 Å². The van der Waals surface area contributed by atoms with Crippen LogP contribution >= 0.6 is 0 Å². The van der Waals surface area contributed by atoms with Crippen LogP contribution in [-0.4, -0.2) is 49.2 Å². The molecule has 148 valence electrons. The smallest absolute Gasteiger partial charge is 0.409 e. The molecule has 1 aromatic rings. The largest absolute Gasteiger partial charge is 0.468 e. The van der Waals surface area contributed by atoms with E-state index >= 15 is 0 Å². The number of hydrogen-bond acceptors (Lipinski definition) is 5. The second-order valence-electron chi connectivity index (χ2n) is 6.56. The highest BCUT2D eigenvalue weighted by atomic mass is 19.4. The molecule has 2 N–H and O–H groups in total. The van der Waals surface area contributed by atoms with Crippen molar-refractivity contribution in [3.63, 3.8) is 0 Å². The minimum atomic E-state index is -4.82. The number of para-hydroxylation sites is 2. The summed E-state index contributed by atoms with van der Waals surface area (Å²) in [4.78, 5) is 36.8. The summed E-state index contributed by atoms with van der Waals surface area (Å²) in [5.41, 5.74) is -1.24. The van der Waals surface area contributed by atoms with Gasteiger partial charge in [0.25, 0.3) is 0 Å². The third-order valence-electron chi connectivity index (χ3n) is 4.15. The third kappa shape index (κ3) is 4.57. The maximum atomic E-state index is 13.6. The van der Waals surface area contributed by atoms with Crippen LogP contribution in [-0.2, 0) is 19.1 Å². The molecule has 0 radical (unpaired) electrons. The van der Waals surface area contributed by atoms with Gasteiger partial charge in [0, 0.05) is 0 Å². The molecule has 0 spiro atoms. The number of fused-ring (bicyclic) bond motifs is 1. The van der Waals surface area contributed by atoms with Gasteiger partial charge in [-0.3, -0.25) is 24.6 Å². The van der Waals surface area contributed by atoms with Gasteiger partial charge in [-0.25, -0.2) is 0 Å². The lowest BCUT2D eigenvalue weighted by Crippen LogP contribution is -2.55. The highest BCUT2D eigenvalue weighted by Crippen LogP contribution is 2.37. The summed E-state index contributed by atoms with van der Waals surface area (Å²) in [5, 5.41) is 4.98. The van der Waals surface area contributed by atoms with Crippen LogP contribution in [0.4, 0.5) is 24.5 Å². The first-order valence-corrected chi connectivity index (χ1v) is 8.08. The van der Waals surface area contributed by atoms with Gasteiger partial charge in [-0.15, -0.1) is 0 Å². The normalized spacial score (nSPS) is 17.6. The number of carbonyl (C=O) groups excluding carboxylic acids is 3. The van der Waals surface area contributed by atoms with Gasteiger partial charge in [0.15, 0.2) is 0 Å². The molecule has 1 unspecified atom stereocenters. The first-order valence-electron chi connectivity index (χ1n) is 8.08. The van der Waals surface area contributed by atoms with Crippen LogP contribution in [0.3, 0.4) is 0 Å². The van der Waals surface area contributed by atoms with Crippen molar-refractivity contribution in [2.45, 2.75) is 38.0 Å². The highest BCUT2D eigenvalue weighted by Gasteiger charge is 2.49. The Bertz CT molecular complexity index is 749. The summed E-state index contributed by atoms with van der Waals surface area (Å²) < 4.78 is 45.4. The fourth-order valence-corrected chi connectivity index (χ4v) is 2.70. The zero-order valence-electron chi connectivity index (χ0n) is 15.0. The molecular formula is C17H20F3N3O4. The summed E-state index contributed by atoms with van der Waals surface area (Å²) in [6, 6.07) is 3.42. The van der Waals surface area contributed by atoms with Gasteiger partial charge in [-0.1, -0.05) is 12.1 Å². The third-order valence-corrected chi connectivity index (χ3v) is 4.15. The van der Waals surface area contributed by atoms with E-state index in [1.807, 2.05) is 0 Å². The quantitative estimate of drug-likeness (QED) is 0.770. The maximum Gasteiger partial charge on any atom is 0.409 e. The molecule has 0 aromatic heterocycles. The summed E-state index contributed by atoms with van der Waals surface area (Å²) in [6.45, 7) is 2.32. The van der Waals surface area contributed by atoms with E-state index in [9.17, 15) is 27.6 Å². The fourth-order valence-electron chi connectivity index (χ4n) is 2.70. The Hall–Kier alpha value is -2.62. The average molecular weight is 387 g/mol. The van der Waals surface area contributed by atoms with Crippen LogP contribution in [0.15, 0.2) is 24.3 Å². The Kier molecular flexibility index (Phi) is 5.79. The maximum absolute atomic E-state index is 13.6. The van der Waals surface area contributed by atoms with Gasteiger partial charge < -0.3 is 10.1 Å². The molecule has 0 saturated heterocycles. The zero-order valence-corrected chi connectivity index (χ0v) is 15.0. The molecule has 2 amide bonds. The van der Waals surface area contributed by atoms with Gasteiger partial charge in [-0.2, -0.15) is 13.2 Å². The summed E-state index contributed by atoms with van der Waals surface area (Å²) >= 11 is 0. The first kappa shape index (κ1) is 20.7. The predicted octanol–water partition coefficient (Wildman–Crippen LogP) is 1.83. The molecule has 0 saturated carbocycles. The van der Waals surface area contributed by atoms with Gasteiger partial charge in [-0.05, 0) is 26.0 Å². The lowest BCUT2D eigenvalue weighted by molar-refractivity contribution is -0.157. The number of alkyl halides is 3.